The van der Waals surface area contributed by atoms with Crippen molar-refractivity contribution in [1.82, 2.24) is 0 Å². The van der Waals surface area contributed by atoms with Crippen LogP contribution in [0.1, 0.15) is 23.5 Å². The maximum atomic E-state index is 12.6. The second kappa shape index (κ2) is 8.91. The van der Waals surface area contributed by atoms with E-state index < -0.39 is 0 Å². The number of carbonyl (C=O) groups excluding carboxylic acids is 1. The van der Waals surface area contributed by atoms with Crippen LogP contribution in [0.3, 0.4) is 0 Å². The molecular weight excluding hydrogens is 458 g/mol. The van der Waals surface area contributed by atoms with Gasteiger partial charge in [-0.2, -0.15) is 0 Å². The van der Waals surface area contributed by atoms with Crippen LogP contribution in [0.2, 0.25) is 0 Å². The highest BCUT2D eigenvalue weighted by molar-refractivity contribution is 9.10. The molecule has 1 aliphatic heterocycles. The number of methoxy groups -OCH3 is 6. The maximum absolute atomic E-state index is 12.6. The van der Waals surface area contributed by atoms with Gasteiger partial charge in [0.1, 0.15) is 0 Å². The van der Waals surface area contributed by atoms with Crippen molar-refractivity contribution < 1.29 is 33.2 Å². The van der Waals surface area contributed by atoms with Gasteiger partial charge < -0.3 is 33.7 Å². The molecule has 1 heterocycles. The van der Waals surface area contributed by atoms with Crippen molar-refractivity contribution in [1.29, 1.82) is 0 Å². The van der Waals surface area contributed by atoms with E-state index in [4.69, 9.17) is 28.4 Å². The molecule has 0 radical (unpaired) electrons. The summed E-state index contributed by atoms with van der Waals surface area (Å²) >= 11 is 3.62. The molecule has 8 nitrogen and oxygen atoms in total. The molecule has 0 saturated heterocycles. The van der Waals surface area contributed by atoms with Gasteiger partial charge in [-0.15, -0.1) is 0 Å². The fraction of sp³-hybridized carbons (Fsp3) is 0.381. The number of halogens is 1. The zero-order valence-corrected chi connectivity index (χ0v) is 19.3. The minimum atomic E-state index is -0.369. The third-order valence-corrected chi connectivity index (χ3v) is 5.87. The van der Waals surface area contributed by atoms with Crippen molar-refractivity contribution in [3.63, 3.8) is 0 Å². The number of hydrogen-bond donors (Lipinski definition) is 1. The smallest absolute Gasteiger partial charge is 0.225 e. The molecule has 1 N–H and O–H groups in total. The van der Waals surface area contributed by atoms with E-state index in [1.165, 1.54) is 14.2 Å². The van der Waals surface area contributed by atoms with Crippen molar-refractivity contribution in [3.05, 3.63) is 27.7 Å². The predicted octanol–water partition coefficient (Wildman–Crippen LogP) is 3.97. The van der Waals surface area contributed by atoms with E-state index in [0.29, 0.717) is 44.7 Å². The first-order chi connectivity index (χ1) is 14.4. The molecule has 9 heteroatoms. The molecule has 162 valence electrons. The predicted molar refractivity (Wildman–Crippen MR) is 115 cm³/mol. The molecule has 0 bridgehead atoms. The van der Waals surface area contributed by atoms with Crippen molar-refractivity contribution in [2.24, 2.45) is 0 Å². The van der Waals surface area contributed by atoms with E-state index in [1.54, 1.807) is 34.5 Å². The van der Waals surface area contributed by atoms with Crippen molar-refractivity contribution in [2.45, 2.75) is 12.3 Å². The third-order valence-electron chi connectivity index (χ3n) is 5.05. The van der Waals surface area contributed by atoms with E-state index in [0.717, 1.165) is 11.1 Å². The largest absolute Gasteiger partial charge is 0.493 e. The van der Waals surface area contributed by atoms with Crippen LogP contribution in [0, 0.1) is 0 Å². The SMILES string of the molecule is COc1cc(C2CC(=O)Nc3cc(OC)c(OC)c(OC)c32)c(Br)c(OC)c1OC. The van der Waals surface area contributed by atoms with Crippen LogP contribution in [0.15, 0.2) is 16.6 Å². The van der Waals surface area contributed by atoms with Gasteiger partial charge in [0.15, 0.2) is 23.0 Å². The standard InChI is InChI=1S/C21H24BrNO7/c1-25-13-7-11(17(22)21(30-6)19(13)28-4)10-8-15(24)23-12-9-14(26-2)18(27-3)20(29-5)16(10)12/h7,9-10H,8H2,1-6H3,(H,23,24). The number of fused-ring (bicyclic) bond motifs is 1. The van der Waals surface area contributed by atoms with Crippen molar-refractivity contribution in [2.75, 3.05) is 48.0 Å². The monoisotopic (exact) mass is 481 g/mol. The summed E-state index contributed by atoms with van der Waals surface area (Å²) in [6, 6.07) is 3.56. The van der Waals surface area contributed by atoms with Crippen LogP contribution in [-0.4, -0.2) is 48.6 Å². The molecule has 0 spiro atoms. The normalized spacial score (nSPS) is 15.0. The lowest BCUT2D eigenvalue weighted by Crippen LogP contribution is -2.25. The summed E-state index contributed by atoms with van der Waals surface area (Å²) in [6.45, 7) is 0. The Morgan fingerprint density at radius 1 is 0.800 bits per heavy atom. The molecule has 0 saturated carbocycles. The van der Waals surface area contributed by atoms with Crippen LogP contribution in [-0.2, 0) is 4.79 Å². The molecule has 0 fully saturated rings. The summed E-state index contributed by atoms with van der Waals surface area (Å²) in [5.74, 6) is 2.29. The molecule has 30 heavy (non-hydrogen) atoms. The van der Waals surface area contributed by atoms with Gasteiger partial charge in [-0.1, -0.05) is 0 Å². The Kier molecular flexibility index (Phi) is 6.50. The van der Waals surface area contributed by atoms with Gasteiger partial charge >= 0.3 is 0 Å². The lowest BCUT2D eigenvalue weighted by molar-refractivity contribution is -0.116. The first-order valence-electron chi connectivity index (χ1n) is 9.06. The Labute approximate surface area is 183 Å². The van der Waals surface area contributed by atoms with E-state index in [1.807, 2.05) is 6.07 Å². The highest BCUT2D eigenvalue weighted by Crippen LogP contribution is 2.55. The summed E-state index contributed by atoms with van der Waals surface area (Å²) in [4.78, 5) is 12.6. The van der Waals surface area contributed by atoms with Gasteiger partial charge in [0.25, 0.3) is 0 Å². The zero-order valence-electron chi connectivity index (χ0n) is 17.7. The first kappa shape index (κ1) is 21.9. The first-order valence-corrected chi connectivity index (χ1v) is 9.85. The Bertz CT molecular complexity index is 977. The molecule has 1 aliphatic rings. The second-order valence-corrected chi connectivity index (χ2v) is 7.25. The quantitative estimate of drug-likeness (QED) is 0.639. The Morgan fingerprint density at radius 2 is 1.33 bits per heavy atom. The average Bonchev–Trinajstić information content (AvgIpc) is 2.76. The number of ether oxygens (including phenoxy) is 6. The lowest BCUT2D eigenvalue weighted by Gasteiger charge is -2.30. The zero-order chi connectivity index (χ0) is 22.0. The van der Waals surface area contributed by atoms with Crippen LogP contribution in [0.4, 0.5) is 5.69 Å². The highest BCUT2D eigenvalue weighted by Gasteiger charge is 2.36. The number of carbonyl (C=O) groups is 1. The van der Waals surface area contributed by atoms with E-state index in [-0.39, 0.29) is 18.2 Å². The van der Waals surface area contributed by atoms with Gasteiger partial charge in [-0.05, 0) is 27.6 Å². The lowest BCUT2D eigenvalue weighted by atomic mass is 9.83. The minimum absolute atomic E-state index is 0.137. The van der Waals surface area contributed by atoms with Gasteiger partial charge in [0, 0.05) is 24.0 Å². The van der Waals surface area contributed by atoms with Crippen molar-refractivity contribution >= 4 is 27.5 Å². The minimum Gasteiger partial charge on any atom is -0.493 e. The molecule has 3 rings (SSSR count). The molecule has 1 amide bonds. The van der Waals surface area contributed by atoms with Gasteiger partial charge in [0.2, 0.25) is 17.4 Å². The summed E-state index contributed by atoms with van der Waals surface area (Å²) < 4.78 is 33.9. The summed E-state index contributed by atoms with van der Waals surface area (Å²) in [5, 5.41) is 2.90. The molecule has 1 atom stereocenters. The van der Waals surface area contributed by atoms with Crippen LogP contribution >= 0.6 is 15.9 Å². The molecular formula is C21H24BrNO7. The highest BCUT2D eigenvalue weighted by atomic mass is 79.9. The Balaban J connectivity index is 2.34. The summed E-state index contributed by atoms with van der Waals surface area (Å²) in [7, 11) is 9.25. The number of hydrogen-bond acceptors (Lipinski definition) is 7. The Hall–Kier alpha value is -2.81. The molecule has 2 aromatic carbocycles. The van der Waals surface area contributed by atoms with Gasteiger partial charge in [-0.25, -0.2) is 0 Å². The maximum Gasteiger partial charge on any atom is 0.225 e. The topological polar surface area (TPSA) is 84.5 Å². The molecule has 2 aromatic rings. The number of amides is 1. The van der Waals surface area contributed by atoms with Crippen LogP contribution < -0.4 is 33.7 Å². The fourth-order valence-corrected chi connectivity index (χ4v) is 4.51. The number of rotatable bonds is 7. The Morgan fingerprint density at radius 3 is 1.87 bits per heavy atom. The molecule has 1 unspecified atom stereocenters. The van der Waals surface area contributed by atoms with E-state index in [2.05, 4.69) is 21.2 Å². The van der Waals surface area contributed by atoms with Crippen LogP contribution in [0.5, 0.6) is 34.5 Å². The van der Waals surface area contributed by atoms with Gasteiger partial charge in [-0.3, -0.25) is 4.79 Å². The van der Waals surface area contributed by atoms with Gasteiger partial charge in [0.05, 0.1) is 52.8 Å². The second-order valence-electron chi connectivity index (χ2n) is 6.46. The number of anilines is 1. The van der Waals surface area contributed by atoms with Crippen LogP contribution in [0.25, 0.3) is 0 Å². The summed E-state index contributed by atoms with van der Waals surface area (Å²) in [6.07, 6.45) is 0.191. The third kappa shape index (κ3) is 3.47. The molecule has 0 aliphatic carbocycles. The average molecular weight is 482 g/mol. The fourth-order valence-electron chi connectivity index (χ4n) is 3.78. The van der Waals surface area contributed by atoms with Crippen molar-refractivity contribution in [3.8, 4) is 34.5 Å². The molecule has 0 aromatic heterocycles. The number of benzene rings is 2. The number of nitrogens with one attached hydrogen (secondary N) is 1. The van der Waals surface area contributed by atoms with E-state index in [9.17, 15) is 4.79 Å². The van der Waals surface area contributed by atoms with E-state index >= 15 is 0 Å². The summed E-state index contributed by atoms with van der Waals surface area (Å²) in [5.41, 5.74) is 2.14.